The van der Waals surface area contributed by atoms with Gasteiger partial charge in [0.1, 0.15) is 10.6 Å². The van der Waals surface area contributed by atoms with Crippen LogP contribution < -0.4 is 10.1 Å². The number of benzene rings is 2. The van der Waals surface area contributed by atoms with E-state index in [-0.39, 0.29) is 9.90 Å². The van der Waals surface area contributed by atoms with Crippen molar-refractivity contribution >= 4 is 44.6 Å². The largest absolute Gasteiger partial charge is 0.497 e. The lowest BCUT2D eigenvalue weighted by Gasteiger charge is -2.06. The zero-order valence-electron chi connectivity index (χ0n) is 12.1. The molecule has 0 aliphatic carbocycles. The molecule has 2 aromatic carbocycles. The number of nitrogens with one attached hydrogen (secondary N) is 1. The lowest BCUT2D eigenvalue weighted by atomic mass is 10.2. The van der Waals surface area contributed by atoms with Gasteiger partial charge in [-0.2, -0.15) is 0 Å². The number of carbonyl (C=O) groups excluding carboxylic acids is 1. The molecular weight excluding hydrogens is 363 g/mol. The third-order valence-electron chi connectivity index (χ3n) is 3.32. The molecule has 0 saturated carbocycles. The Morgan fingerprint density at radius 2 is 1.92 bits per heavy atom. The number of methoxy groups -OCH3 is 1. The van der Waals surface area contributed by atoms with E-state index in [2.05, 4.69) is 5.32 Å². The summed E-state index contributed by atoms with van der Waals surface area (Å²) in [5.41, 5.74) is -0.468. The number of amides is 1. The maximum Gasteiger partial charge on any atom is 0.267 e. The zero-order valence-corrected chi connectivity index (χ0v) is 13.7. The molecule has 8 heteroatoms. The van der Waals surface area contributed by atoms with Crippen molar-refractivity contribution in [3.05, 3.63) is 57.7 Å². The molecule has 0 bridgehead atoms. The molecule has 1 aromatic heterocycles. The normalized spacial score (nSPS) is 10.9. The van der Waals surface area contributed by atoms with E-state index in [9.17, 15) is 18.0 Å². The fourth-order valence-corrected chi connectivity index (χ4v) is 3.51. The van der Waals surface area contributed by atoms with Crippen molar-refractivity contribution in [3.63, 3.8) is 0 Å². The van der Waals surface area contributed by atoms with Gasteiger partial charge in [-0.15, -0.1) is 11.3 Å². The SMILES string of the molecule is COc1ccc2sc(C(=O)Nc3ccc(F)c(F)c3F)c(Cl)c2c1. The van der Waals surface area contributed by atoms with Crippen molar-refractivity contribution in [1.29, 1.82) is 0 Å². The Labute approximate surface area is 143 Å². The van der Waals surface area contributed by atoms with Gasteiger partial charge in [-0.25, -0.2) is 13.2 Å². The number of halogens is 4. The molecule has 0 unspecified atom stereocenters. The van der Waals surface area contributed by atoms with Crippen molar-refractivity contribution in [2.75, 3.05) is 12.4 Å². The summed E-state index contributed by atoms with van der Waals surface area (Å²) in [4.78, 5) is 12.4. The maximum absolute atomic E-state index is 13.7. The first-order valence-corrected chi connectivity index (χ1v) is 7.82. The predicted octanol–water partition coefficient (Wildman–Crippen LogP) is 5.23. The lowest BCUT2D eigenvalue weighted by molar-refractivity contribution is 0.103. The average Bonchev–Trinajstić information content (AvgIpc) is 2.91. The van der Waals surface area contributed by atoms with E-state index < -0.39 is 29.0 Å². The van der Waals surface area contributed by atoms with Crippen LogP contribution in [0.15, 0.2) is 30.3 Å². The lowest BCUT2D eigenvalue weighted by Crippen LogP contribution is -2.13. The number of thiophene rings is 1. The molecule has 1 N–H and O–H groups in total. The monoisotopic (exact) mass is 371 g/mol. The Bertz CT molecular complexity index is 958. The van der Waals surface area contributed by atoms with Crippen LogP contribution in [0.5, 0.6) is 5.75 Å². The number of hydrogen-bond acceptors (Lipinski definition) is 3. The van der Waals surface area contributed by atoms with E-state index in [1.54, 1.807) is 18.2 Å². The number of fused-ring (bicyclic) bond motifs is 1. The number of hydrogen-bond donors (Lipinski definition) is 1. The second kappa shape index (κ2) is 6.33. The molecule has 3 aromatic rings. The van der Waals surface area contributed by atoms with Crippen LogP contribution in [-0.2, 0) is 0 Å². The third kappa shape index (κ3) is 2.81. The number of rotatable bonds is 3. The quantitative estimate of drug-likeness (QED) is 0.640. The van der Waals surface area contributed by atoms with E-state index in [4.69, 9.17) is 16.3 Å². The molecular formula is C16H9ClF3NO2S. The highest BCUT2D eigenvalue weighted by Gasteiger charge is 2.20. The molecule has 0 spiro atoms. The molecule has 24 heavy (non-hydrogen) atoms. The fraction of sp³-hybridized carbons (Fsp3) is 0.0625. The van der Waals surface area contributed by atoms with Crippen LogP contribution in [0.2, 0.25) is 5.02 Å². The minimum Gasteiger partial charge on any atom is -0.497 e. The van der Waals surface area contributed by atoms with Crippen LogP contribution in [0.1, 0.15) is 9.67 Å². The number of carbonyl (C=O) groups is 1. The van der Waals surface area contributed by atoms with Gasteiger partial charge in [0.25, 0.3) is 5.91 Å². The van der Waals surface area contributed by atoms with E-state index in [1.165, 1.54) is 7.11 Å². The summed E-state index contributed by atoms with van der Waals surface area (Å²) < 4.78 is 45.7. The molecule has 124 valence electrons. The van der Waals surface area contributed by atoms with E-state index in [0.29, 0.717) is 11.1 Å². The van der Waals surface area contributed by atoms with Gasteiger partial charge < -0.3 is 10.1 Å². The highest BCUT2D eigenvalue weighted by atomic mass is 35.5. The Morgan fingerprint density at radius 1 is 1.17 bits per heavy atom. The first-order chi connectivity index (χ1) is 11.4. The highest BCUT2D eigenvalue weighted by molar-refractivity contribution is 7.21. The van der Waals surface area contributed by atoms with Crippen molar-refractivity contribution in [2.45, 2.75) is 0 Å². The first kappa shape index (κ1) is 16.6. The van der Waals surface area contributed by atoms with Crippen LogP contribution in [0.25, 0.3) is 10.1 Å². The smallest absolute Gasteiger partial charge is 0.267 e. The Morgan fingerprint density at radius 3 is 2.62 bits per heavy atom. The minimum atomic E-state index is -1.65. The number of anilines is 1. The summed E-state index contributed by atoms with van der Waals surface area (Å²) in [5, 5.41) is 2.98. The third-order valence-corrected chi connectivity index (χ3v) is 5.00. The Kier molecular flexibility index (Phi) is 4.38. The zero-order chi connectivity index (χ0) is 17.4. The van der Waals surface area contributed by atoms with Gasteiger partial charge in [0.05, 0.1) is 17.8 Å². The van der Waals surface area contributed by atoms with Crippen LogP contribution in [0.3, 0.4) is 0 Å². The highest BCUT2D eigenvalue weighted by Crippen LogP contribution is 2.37. The van der Waals surface area contributed by atoms with Gasteiger partial charge in [0.2, 0.25) is 0 Å². The van der Waals surface area contributed by atoms with Crippen LogP contribution >= 0.6 is 22.9 Å². The Balaban J connectivity index is 1.97. The van der Waals surface area contributed by atoms with E-state index in [1.807, 2.05) is 0 Å². The molecule has 0 fully saturated rings. The van der Waals surface area contributed by atoms with Crippen molar-refractivity contribution in [2.24, 2.45) is 0 Å². The second-order valence-electron chi connectivity index (χ2n) is 4.78. The van der Waals surface area contributed by atoms with Gasteiger partial charge >= 0.3 is 0 Å². The summed E-state index contributed by atoms with van der Waals surface area (Å²) in [6, 6.07) is 6.79. The van der Waals surface area contributed by atoms with E-state index >= 15 is 0 Å². The summed E-state index contributed by atoms with van der Waals surface area (Å²) in [6.07, 6.45) is 0. The summed E-state index contributed by atoms with van der Waals surface area (Å²) in [6.45, 7) is 0. The predicted molar refractivity (Wildman–Crippen MR) is 87.7 cm³/mol. The topological polar surface area (TPSA) is 38.3 Å². The van der Waals surface area contributed by atoms with Gasteiger partial charge in [0, 0.05) is 10.1 Å². The molecule has 1 heterocycles. The van der Waals surface area contributed by atoms with Gasteiger partial charge in [-0.1, -0.05) is 11.6 Å². The van der Waals surface area contributed by atoms with Crippen LogP contribution in [0, 0.1) is 17.5 Å². The molecule has 3 nitrogen and oxygen atoms in total. The molecule has 0 saturated heterocycles. The van der Waals surface area contributed by atoms with Gasteiger partial charge in [-0.3, -0.25) is 4.79 Å². The van der Waals surface area contributed by atoms with Crippen molar-refractivity contribution in [3.8, 4) is 5.75 Å². The van der Waals surface area contributed by atoms with Crippen molar-refractivity contribution in [1.82, 2.24) is 0 Å². The molecule has 0 aliphatic heterocycles. The summed E-state index contributed by atoms with van der Waals surface area (Å²) >= 11 is 7.30. The van der Waals surface area contributed by atoms with Crippen LogP contribution in [0.4, 0.5) is 18.9 Å². The van der Waals surface area contributed by atoms with E-state index in [0.717, 1.165) is 28.2 Å². The first-order valence-electron chi connectivity index (χ1n) is 6.63. The molecule has 0 atom stereocenters. The number of ether oxygens (including phenoxy) is 1. The van der Waals surface area contributed by atoms with Gasteiger partial charge in [-0.05, 0) is 30.3 Å². The average molecular weight is 372 g/mol. The van der Waals surface area contributed by atoms with Crippen LogP contribution in [-0.4, -0.2) is 13.0 Å². The second-order valence-corrected chi connectivity index (χ2v) is 6.21. The summed E-state index contributed by atoms with van der Waals surface area (Å²) in [7, 11) is 1.50. The molecule has 0 radical (unpaired) electrons. The fourth-order valence-electron chi connectivity index (χ4n) is 2.12. The summed E-state index contributed by atoms with van der Waals surface area (Å²) in [5.74, 6) is -4.61. The molecule has 1 amide bonds. The van der Waals surface area contributed by atoms with Gasteiger partial charge in [0.15, 0.2) is 17.5 Å². The van der Waals surface area contributed by atoms with Crippen molar-refractivity contribution < 1.29 is 22.7 Å². The maximum atomic E-state index is 13.7. The minimum absolute atomic E-state index is 0.129. The standard InChI is InChI=1S/C16H9ClF3NO2S/c1-23-7-2-5-11-8(6-7)12(17)15(24-11)16(22)21-10-4-3-9(18)13(19)14(10)20/h2-6H,1H3,(H,21,22). The molecule has 0 aliphatic rings. The molecule has 3 rings (SSSR count). The Hall–Kier alpha value is -2.25.